The lowest BCUT2D eigenvalue weighted by Gasteiger charge is -2.13. The van der Waals surface area contributed by atoms with Crippen LogP contribution in [0.3, 0.4) is 0 Å². The van der Waals surface area contributed by atoms with E-state index in [2.05, 4.69) is 0 Å². The number of nitrogens with zero attached hydrogens (tertiary/aromatic N) is 2. The first-order chi connectivity index (χ1) is 14.5. The molecule has 0 saturated heterocycles. The normalized spacial score (nSPS) is 12.1. The zero-order valence-electron chi connectivity index (χ0n) is 15.8. The maximum absolute atomic E-state index is 15.4. The molecule has 1 unspecified atom stereocenters. The molecule has 1 aromatic heterocycles. The summed E-state index contributed by atoms with van der Waals surface area (Å²) in [7, 11) is 1.50. The Bertz CT molecular complexity index is 1240. The van der Waals surface area contributed by atoms with Crippen molar-refractivity contribution in [2.75, 3.05) is 7.11 Å². The molecule has 0 aliphatic heterocycles. The van der Waals surface area contributed by atoms with E-state index in [1.54, 1.807) is 48.7 Å². The standard InChI is InChI=1S/C22H16F2N2O3S/c1-29-14-10-11-16-19(12-14)25(22(24)15-6-2-3-7-17(15)23)13-21(16)30-20-9-5-4-8-18(20)26(27)28/h2-13,22H,1H3. The van der Waals surface area contributed by atoms with Crippen LogP contribution in [0.25, 0.3) is 10.9 Å². The molecule has 0 radical (unpaired) electrons. The van der Waals surface area contributed by atoms with E-state index in [-0.39, 0.29) is 11.3 Å². The average molecular weight is 426 g/mol. The Labute approximate surface area is 175 Å². The number of hydrogen-bond acceptors (Lipinski definition) is 4. The largest absolute Gasteiger partial charge is 0.497 e. The number of halogens is 2. The molecule has 0 fully saturated rings. The Morgan fingerprint density at radius 1 is 1.07 bits per heavy atom. The molecule has 0 amide bonds. The van der Waals surface area contributed by atoms with E-state index in [0.717, 1.165) is 11.8 Å². The monoisotopic (exact) mass is 426 g/mol. The fraction of sp³-hybridized carbons (Fsp3) is 0.0909. The molecule has 0 bridgehead atoms. The molecule has 0 saturated carbocycles. The third-order valence-electron chi connectivity index (χ3n) is 4.69. The number of para-hydroxylation sites is 1. The van der Waals surface area contributed by atoms with Crippen molar-refractivity contribution in [1.29, 1.82) is 0 Å². The van der Waals surface area contributed by atoms with Gasteiger partial charge in [0.15, 0.2) is 0 Å². The van der Waals surface area contributed by atoms with Gasteiger partial charge in [-0.3, -0.25) is 10.1 Å². The number of rotatable bonds is 6. The van der Waals surface area contributed by atoms with E-state index in [0.29, 0.717) is 26.4 Å². The second kappa shape index (κ2) is 8.16. The number of ether oxygens (including phenoxy) is 1. The van der Waals surface area contributed by atoms with Crippen LogP contribution >= 0.6 is 11.8 Å². The lowest BCUT2D eigenvalue weighted by atomic mass is 10.2. The van der Waals surface area contributed by atoms with Crippen LogP contribution in [-0.4, -0.2) is 16.6 Å². The summed E-state index contributed by atoms with van der Waals surface area (Å²) >= 11 is 1.16. The maximum atomic E-state index is 15.4. The Morgan fingerprint density at radius 3 is 2.53 bits per heavy atom. The Hall–Kier alpha value is -3.39. The van der Waals surface area contributed by atoms with Crippen molar-refractivity contribution in [3.05, 3.63) is 94.4 Å². The predicted octanol–water partition coefficient (Wildman–Crippen LogP) is 6.36. The topological polar surface area (TPSA) is 57.3 Å². The van der Waals surface area contributed by atoms with Crippen LogP contribution in [0.5, 0.6) is 5.75 Å². The van der Waals surface area contributed by atoms with Crippen LogP contribution in [0.1, 0.15) is 11.9 Å². The molecule has 0 aliphatic rings. The van der Waals surface area contributed by atoms with Crippen molar-refractivity contribution in [3.8, 4) is 5.75 Å². The average Bonchev–Trinajstić information content (AvgIpc) is 3.11. The highest BCUT2D eigenvalue weighted by atomic mass is 32.2. The summed E-state index contributed by atoms with van der Waals surface area (Å²) in [4.78, 5) is 11.9. The molecule has 152 valence electrons. The van der Waals surface area contributed by atoms with Gasteiger partial charge in [0.1, 0.15) is 11.6 Å². The van der Waals surface area contributed by atoms with Crippen molar-refractivity contribution in [2.45, 2.75) is 16.1 Å². The van der Waals surface area contributed by atoms with Gasteiger partial charge in [0.2, 0.25) is 6.30 Å². The Balaban J connectivity index is 1.86. The highest BCUT2D eigenvalue weighted by Crippen LogP contribution is 2.41. The maximum Gasteiger partial charge on any atom is 0.283 e. The summed E-state index contributed by atoms with van der Waals surface area (Å²) in [5, 5.41) is 12.0. The van der Waals surface area contributed by atoms with Crippen molar-refractivity contribution >= 4 is 28.4 Å². The van der Waals surface area contributed by atoms with Gasteiger partial charge in [-0.25, -0.2) is 8.78 Å². The number of methoxy groups -OCH3 is 1. The van der Waals surface area contributed by atoms with Crippen molar-refractivity contribution < 1.29 is 18.4 Å². The van der Waals surface area contributed by atoms with Gasteiger partial charge in [0, 0.05) is 34.2 Å². The molecule has 0 spiro atoms. The van der Waals surface area contributed by atoms with Gasteiger partial charge in [0.05, 0.1) is 22.4 Å². The third kappa shape index (κ3) is 3.61. The minimum atomic E-state index is -1.78. The van der Waals surface area contributed by atoms with Gasteiger partial charge in [-0.15, -0.1) is 0 Å². The lowest BCUT2D eigenvalue weighted by molar-refractivity contribution is -0.387. The van der Waals surface area contributed by atoms with Crippen LogP contribution in [0.4, 0.5) is 14.5 Å². The molecule has 1 atom stereocenters. The summed E-state index contributed by atoms with van der Waals surface area (Å²) in [6.45, 7) is 0. The molecule has 1 heterocycles. The summed E-state index contributed by atoms with van der Waals surface area (Å²) < 4.78 is 36.2. The van der Waals surface area contributed by atoms with E-state index in [4.69, 9.17) is 4.74 Å². The van der Waals surface area contributed by atoms with Crippen molar-refractivity contribution in [1.82, 2.24) is 4.57 Å². The van der Waals surface area contributed by atoms with Gasteiger partial charge >= 0.3 is 0 Å². The Morgan fingerprint density at radius 2 is 1.80 bits per heavy atom. The highest BCUT2D eigenvalue weighted by Gasteiger charge is 2.22. The van der Waals surface area contributed by atoms with E-state index in [9.17, 15) is 14.5 Å². The quantitative estimate of drug-likeness (QED) is 0.266. The van der Waals surface area contributed by atoms with Crippen LogP contribution in [0.2, 0.25) is 0 Å². The minimum absolute atomic E-state index is 0.0391. The third-order valence-corrected chi connectivity index (χ3v) is 5.80. The number of hydrogen-bond donors (Lipinski definition) is 0. The fourth-order valence-electron chi connectivity index (χ4n) is 3.23. The first-order valence-corrected chi connectivity index (χ1v) is 9.79. The lowest BCUT2D eigenvalue weighted by Crippen LogP contribution is -2.06. The second-order valence-corrected chi connectivity index (χ2v) is 7.55. The molecular weight excluding hydrogens is 410 g/mol. The summed E-state index contributed by atoms with van der Waals surface area (Å²) in [6, 6.07) is 17.2. The fourth-order valence-corrected chi connectivity index (χ4v) is 4.31. The van der Waals surface area contributed by atoms with Gasteiger partial charge < -0.3 is 9.30 Å². The number of alkyl halides is 1. The zero-order chi connectivity index (χ0) is 21.3. The smallest absolute Gasteiger partial charge is 0.283 e. The number of benzene rings is 3. The van der Waals surface area contributed by atoms with Crippen molar-refractivity contribution in [3.63, 3.8) is 0 Å². The second-order valence-electron chi connectivity index (χ2n) is 6.47. The SMILES string of the molecule is COc1ccc2c(Sc3ccccc3[N+](=O)[O-])cn(C(F)c3ccccc3F)c2c1. The summed E-state index contributed by atoms with van der Waals surface area (Å²) in [6.07, 6.45) is -0.233. The molecule has 4 rings (SSSR count). The molecule has 3 aromatic carbocycles. The van der Waals surface area contributed by atoms with Gasteiger partial charge in [-0.05, 0) is 24.3 Å². The van der Waals surface area contributed by atoms with E-state index >= 15 is 4.39 Å². The number of fused-ring (bicyclic) bond motifs is 1. The zero-order valence-corrected chi connectivity index (χ0v) is 16.6. The number of nitro groups is 1. The number of aromatic nitrogens is 1. The van der Waals surface area contributed by atoms with Gasteiger partial charge in [-0.2, -0.15) is 0 Å². The Kier molecular flexibility index (Phi) is 5.41. The van der Waals surface area contributed by atoms with E-state index in [1.165, 1.54) is 35.9 Å². The first-order valence-electron chi connectivity index (χ1n) is 8.98. The van der Waals surface area contributed by atoms with Gasteiger partial charge in [-0.1, -0.05) is 42.1 Å². The predicted molar refractivity (Wildman–Crippen MR) is 111 cm³/mol. The van der Waals surface area contributed by atoms with Gasteiger partial charge in [0.25, 0.3) is 5.69 Å². The molecule has 0 aliphatic carbocycles. The van der Waals surface area contributed by atoms with Crippen LogP contribution in [-0.2, 0) is 0 Å². The van der Waals surface area contributed by atoms with Crippen molar-refractivity contribution in [2.24, 2.45) is 0 Å². The molecule has 5 nitrogen and oxygen atoms in total. The first kappa shape index (κ1) is 19.9. The number of nitro benzene ring substituents is 1. The van der Waals surface area contributed by atoms with E-state index in [1.807, 2.05) is 0 Å². The molecule has 4 aromatic rings. The summed E-state index contributed by atoms with van der Waals surface area (Å²) in [5.74, 6) is -0.132. The molecular formula is C22H16F2N2O3S. The minimum Gasteiger partial charge on any atom is -0.497 e. The van der Waals surface area contributed by atoms with Crippen LogP contribution < -0.4 is 4.74 Å². The summed E-state index contributed by atoms with van der Waals surface area (Å²) in [5.41, 5.74) is 0.355. The molecule has 30 heavy (non-hydrogen) atoms. The molecule has 0 N–H and O–H groups in total. The molecule has 8 heteroatoms. The van der Waals surface area contributed by atoms with Crippen LogP contribution in [0, 0.1) is 15.9 Å². The van der Waals surface area contributed by atoms with E-state index < -0.39 is 17.0 Å². The highest BCUT2D eigenvalue weighted by molar-refractivity contribution is 7.99. The van der Waals surface area contributed by atoms with Crippen LogP contribution in [0.15, 0.2) is 82.7 Å².